The predicted molar refractivity (Wildman–Crippen MR) is 53.7 cm³/mol. The SMILES string of the molecule is CCc1nc(N)c2cccc(C)n12. The fraction of sp³-hybridized carbons (Fsp3) is 0.300. The van der Waals surface area contributed by atoms with Crippen molar-refractivity contribution < 1.29 is 0 Å². The summed E-state index contributed by atoms with van der Waals surface area (Å²) in [7, 11) is 0. The van der Waals surface area contributed by atoms with Crippen LogP contribution < -0.4 is 5.73 Å². The number of hydrogen-bond donors (Lipinski definition) is 1. The van der Waals surface area contributed by atoms with Gasteiger partial charge in [0.15, 0.2) is 0 Å². The summed E-state index contributed by atoms with van der Waals surface area (Å²) in [5, 5.41) is 0. The van der Waals surface area contributed by atoms with Crippen molar-refractivity contribution >= 4 is 11.3 Å². The number of imidazole rings is 1. The van der Waals surface area contributed by atoms with Gasteiger partial charge in [-0.05, 0) is 19.1 Å². The molecule has 3 heteroatoms. The Morgan fingerprint density at radius 1 is 1.46 bits per heavy atom. The maximum atomic E-state index is 5.79. The molecule has 0 saturated carbocycles. The minimum Gasteiger partial charge on any atom is -0.382 e. The number of nitrogens with zero attached hydrogens (tertiary/aromatic N) is 2. The fourth-order valence-corrected chi connectivity index (χ4v) is 1.64. The number of aromatic nitrogens is 2. The molecule has 2 N–H and O–H groups in total. The van der Waals surface area contributed by atoms with Gasteiger partial charge in [0.1, 0.15) is 11.6 Å². The molecule has 3 nitrogen and oxygen atoms in total. The number of pyridine rings is 1. The number of hydrogen-bond acceptors (Lipinski definition) is 2. The van der Waals surface area contributed by atoms with Crippen LogP contribution in [0.3, 0.4) is 0 Å². The Hall–Kier alpha value is -1.51. The van der Waals surface area contributed by atoms with E-state index in [-0.39, 0.29) is 0 Å². The summed E-state index contributed by atoms with van der Waals surface area (Å²) in [6, 6.07) is 6.06. The van der Waals surface area contributed by atoms with Crippen LogP contribution in [-0.4, -0.2) is 9.38 Å². The summed E-state index contributed by atoms with van der Waals surface area (Å²) in [4.78, 5) is 4.31. The molecule has 2 rings (SSSR count). The molecule has 0 aliphatic heterocycles. The first-order chi connectivity index (χ1) is 6.24. The van der Waals surface area contributed by atoms with Gasteiger partial charge in [0.25, 0.3) is 0 Å². The molecule has 0 saturated heterocycles. The Labute approximate surface area is 77.2 Å². The number of nitrogens with two attached hydrogens (primary N) is 1. The number of fused-ring (bicyclic) bond motifs is 1. The van der Waals surface area contributed by atoms with Gasteiger partial charge in [-0.25, -0.2) is 4.98 Å². The Balaban J connectivity index is 2.89. The normalized spacial score (nSPS) is 10.9. The van der Waals surface area contributed by atoms with Gasteiger partial charge in [-0.15, -0.1) is 0 Å². The van der Waals surface area contributed by atoms with Crippen LogP contribution in [-0.2, 0) is 6.42 Å². The van der Waals surface area contributed by atoms with Gasteiger partial charge >= 0.3 is 0 Å². The van der Waals surface area contributed by atoms with Crippen molar-refractivity contribution in [3.63, 3.8) is 0 Å². The second-order valence-corrected chi connectivity index (χ2v) is 3.15. The highest BCUT2D eigenvalue weighted by atomic mass is 15.1. The first-order valence-electron chi connectivity index (χ1n) is 4.46. The highest BCUT2D eigenvalue weighted by molar-refractivity contribution is 5.67. The van der Waals surface area contributed by atoms with E-state index in [4.69, 9.17) is 5.73 Å². The summed E-state index contributed by atoms with van der Waals surface area (Å²) in [6.45, 7) is 4.15. The van der Waals surface area contributed by atoms with Crippen LogP contribution in [0.4, 0.5) is 5.82 Å². The van der Waals surface area contributed by atoms with Crippen LogP contribution in [0, 0.1) is 6.92 Å². The third-order valence-corrected chi connectivity index (χ3v) is 2.27. The van der Waals surface area contributed by atoms with E-state index < -0.39 is 0 Å². The van der Waals surface area contributed by atoms with E-state index in [0.29, 0.717) is 5.82 Å². The number of rotatable bonds is 1. The molecule has 0 amide bonds. The minimum atomic E-state index is 0.626. The quantitative estimate of drug-likeness (QED) is 0.718. The molecule has 0 radical (unpaired) electrons. The summed E-state index contributed by atoms with van der Waals surface area (Å²) in [5.41, 5.74) is 7.98. The summed E-state index contributed by atoms with van der Waals surface area (Å²) in [5.74, 6) is 1.66. The zero-order chi connectivity index (χ0) is 9.42. The molecule has 13 heavy (non-hydrogen) atoms. The monoisotopic (exact) mass is 175 g/mol. The molecule has 0 aromatic carbocycles. The van der Waals surface area contributed by atoms with Gasteiger partial charge < -0.3 is 5.73 Å². The zero-order valence-electron chi connectivity index (χ0n) is 7.91. The molecule has 2 aromatic rings. The van der Waals surface area contributed by atoms with Gasteiger partial charge in [0.05, 0.1) is 5.52 Å². The van der Waals surface area contributed by atoms with Crippen LogP contribution in [0.25, 0.3) is 5.52 Å². The molecule has 0 unspecified atom stereocenters. The van der Waals surface area contributed by atoms with E-state index in [1.165, 1.54) is 5.69 Å². The van der Waals surface area contributed by atoms with Gasteiger partial charge in [-0.1, -0.05) is 13.0 Å². The largest absolute Gasteiger partial charge is 0.382 e. The second kappa shape index (κ2) is 2.76. The van der Waals surface area contributed by atoms with Gasteiger partial charge in [0, 0.05) is 12.1 Å². The summed E-state index contributed by atoms with van der Waals surface area (Å²) in [6.07, 6.45) is 0.906. The number of nitrogen functional groups attached to an aromatic ring is 1. The van der Waals surface area contributed by atoms with Crippen molar-refractivity contribution in [3.8, 4) is 0 Å². The summed E-state index contributed by atoms with van der Waals surface area (Å²) >= 11 is 0. The Morgan fingerprint density at radius 2 is 2.23 bits per heavy atom. The van der Waals surface area contributed by atoms with Crippen LogP contribution >= 0.6 is 0 Å². The second-order valence-electron chi connectivity index (χ2n) is 3.15. The molecular formula is C10H13N3. The minimum absolute atomic E-state index is 0.626. The van der Waals surface area contributed by atoms with E-state index in [0.717, 1.165) is 17.8 Å². The van der Waals surface area contributed by atoms with Gasteiger partial charge in [-0.3, -0.25) is 4.40 Å². The summed E-state index contributed by atoms with van der Waals surface area (Å²) < 4.78 is 2.11. The molecule has 68 valence electrons. The molecule has 0 bridgehead atoms. The molecule has 2 aromatic heterocycles. The zero-order valence-corrected chi connectivity index (χ0v) is 7.91. The van der Waals surface area contributed by atoms with Crippen LogP contribution in [0.2, 0.25) is 0 Å². The van der Waals surface area contributed by atoms with E-state index in [2.05, 4.69) is 29.3 Å². The number of anilines is 1. The highest BCUT2D eigenvalue weighted by Gasteiger charge is 2.07. The Morgan fingerprint density at radius 3 is 2.92 bits per heavy atom. The average Bonchev–Trinajstić information content (AvgIpc) is 2.45. The molecule has 2 heterocycles. The van der Waals surface area contributed by atoms with Crippen LogP contribution in [0.5, 0.6) is 0 Å². The average molecular weight is 175 g/mol. The lowest BCUT2D eigenvalue weighted by Crippen LogP contribution is -1.95. The van der Waals surface area contributed by atoms with Crippen LogP contribution in [0.15, 0.2) is 18.2 Å². The van der Waals surface area contributed by atoms with E-state index in [1.807, 2.05) is 12.1 Å². The lowest BCUT2D eigenvalue weighted by atomic mass is 10.3. The van der Waals surface area contributed by atoms with Crippen molar-refractivity contribution in [2.45, 2.75) is 20.3 Å². The Bertz CT molecular complexity index is 443. The van der Waals surface area contributed by atoms with E-state index in [9.17, 15) is 0 Å². The lowest BCUT2D eigenvalue weighted by molar-refractivity contribution is 0.909. The first kappa shape index (κ1) is 8.10. The van der Waals surface area contributed by atoms with Crippen molar-refractivity contribution in [1.82, 2.24) is 9.38 Å². The fourth-order valence-electron chi connectivity index (χ4n) is 1.64. The van der Waals surface area contributed by atoms with E-state index >= 15 is 0 Å². The smallest absolute Gasteiger partial charge is 0.149 e. The van der Waals surface area contributed by atoms with Crippen molar-refractivity contribution in [2.75, 3.05) is 5.73 Å². The highest BCUT2D eigenvalue weighted by Crippen LogP contribution is 2.17. The van der Waals surface area contributed by atoms with Crippen molar-refractivity contribution in [1.29, 1.82) is 0 Å². The third kappa shape index (κ3) is 1.08. The van der Waals surface area contributed by atoms with Gasteiger partial charge in [-0.2, -0.15) is 0 Å². The lowest BCUT2D eigenvalue weighted by Gasteiger charge is -2.01. The molecule has 0 spiro atoms. The molecule has 0 aliphatic carbocycles. The van der Waals surface area contributed by atoms with Crippen molar-refractivity contribution in [2.24, 2.45) is 0 Å². The topological polar surface area (TPSA) is 43.3 Å². The van der Waals surface area contributed by atoms with Crippen LogP contribution in [0.1, 0.15) is 18.4 Å². The molecule has 0 aliphatic rings. The maximum Gasteiger partial charge on any atom is 0.149 e. The third-order valence-electron chi connectivity index (χ3n) is 2.27. The van der Waals surface area contributed by atoms with Gasteiger partial charge in [0.2, 0.25) is 0 Å². The predicted octanol–water partition coefficient (Wildman–Crippen LogP) is 1.79. The van der Waals surface area contributed by atoms with E-state index in [1.54, 1.807) is 0 Å². The molecule has 0 atom stereocenters. The number of aryl methyl sites for hydroxylation is 2. The maximum absolute atomic E-state index is 5.79. The molecule has 0 fully saturated rings. The Kier molecular flexibility index (Phi) is 1.72. The molecular weight excluding hydrogens is 162 g/mol. The standard InChI is InChI=1S/C10H13N3/c1-3-9-12-10(11)8-6-4-5-7(2)13(8)9/h4-6H,3,11H2,1-2H3. The van der Waals surface area contributed by atoms with Crippen molar-refractivity contribution in [3.05, 3.63) is 29.7 Å². The first-order valence-corrected chi connectivity index (χ1v) is 4.46.